The lowest BCUT2D eigenvalue weighted by atomic mass is 10.1. The number of hydrogen-bond acceptors (Lipinski definition) is 8. The number of nitrogens with one attached hydrogen (secondary N) is 2. The molecule has 1 unspecified atom stereocenters. The third-order valence-electron chi connectivity index (χ3n) is 4.71. The molecule has 4 rings (SSSR count). The highest BCUT2D eigenvalue weighted by molar-refractivity contribution is 6.00. The standard InChI is InChI=1S/C22H23N7O3/c1-3-20(30)26-17-5-4-15-13-25-29(19(15)12-17)22-24-14-23-21(28-22)27-16-6-8-18(9-7-16)32-11-10-31-2/h3-8,12-14,18H,1,9-11H2,2H3,(H,26,30)(H,23,24,27,28). The number of anilines is 2. The molecule has 164 valence electrons. The van der Waals surface area contributed by atoms with E-state index in [4.69, 9.17) is 9.47 Å². The number of fused-ring (bicyclic) bond motifs is 1. The highest BCUT2D eigenvalue weighted by atomic mass is 16.5. The van der Waals surface area contributed by atoms with Crippen LogP contribution in [-0.2, 0) is 14.3 Å². The molecule has 1 amide bonds. The van der Waals surface area contributed by atoms with E-state index < -0.39 is 0 Å². The van der Waals surface area contributed by atoms with Crippen LogP contribution in [0.1, 0.15) is 6.42 Å². The Bertz CT molecular complexity index is 1190. The van der Waals surface area contributed by atoms with Gasteiger partial charge in [-0.15, -0.1) is 0 Å². The maximum absolute atomic E-state index is 11.6. The summed E-state index contributed by atoms with van der Waals surface area (Å²) in [5, 5.41) is 11.2. The Kier molecular flexibility index (Phi) is 6.63. The molecule has 0 saturated carbocycles. The van der Waals surface area contributed by atoms with Crippen molar-refractivity contribution >= 4 is 28.4 Å². The van der Waals surface area contributed by atoms with E-state index in [1.165, 1.54) is 12.4 Å². The lowest BCUT2D eigenvalue weighted by molar-refractivity contribution is -0.111. The summed E-state index contributed by atoms with van der Waals surface area (Å²) in [6.07, 6.45) is 11.1. The van der Waals surface area contributed by atoms with Gasteiger partial charge >= 0.3 is 0 Å². The summed E-state index contributed by atoms with van der Waals surface area (Å²) in [6.45, 7) is 4.59. The van der Waals surface area contributed by atoms with Crippen LogP contribution in [0.5, 0.6) is 0 Å². The third-order valence-corrected chi connectivity index (χ3v) is 4.71. The van der Waals surface area contributed by atoms with Crippen LogP contribution >= 0.6 is 0 Å². The summed E-state index contributed by atoms with van der Waals surface area (Å²) >= 11 is 0. The van der Waals surface area contributed by atoms with E-state index in [0.717, 1.165) is 23.0 Å². The molecule has 0 bridgehead atoms. The Morgan fingerprint density at radius 2 is 2.25 bits per heavy atom. The number of rotatable bonds is 9. The molecule has 1 atom stereocenters. The average Bonchev–Trinajstić information content (AvgIpc) is 3.24. The zero-order valence-corrected chi connectivity index (χ0v) is 17.6. The highest BCUT2D eigenvalue weighted by Gasteiger charge is 2.13. The normalized spacial score (nSPS) is 15.4. The minimum absolute atomic E-state index is 0.0239. The molecule has 0 saturated heterocycles. The number of aromatic nitrogens is 5. The highest BCUT2D eigenvalue weighted by Crippen LogP contribution is 2.21. The van der Waals surface area contributed by atoms with Gasteiger partial charge < -0.3 is 20.1 Å². The fraction of sp³-hybridized carbons (Fsp3) is 0.227. The van der Waals surface area contributed by atoms with Gasteiger partial charge in [-0.25, -0.2) is 4.98 Å². The van der Waals surface area contributed by atoms with Crippen LogP contribution in [0.4, 0.5) is 11.6 Å². The van der Waals surface area contributed by atoms with Crippen LogP contribution in [0.15, 0.2) is 67.3 Å². The monoisotopic (exact) mass is 433 g/mol. The Hall–Kier alpha value is -3.89. The van der Waals surface area contributed by atoms with Crippen molar-refractivity contribution in [3.8, 4) is 5.95 Å². The Morgan fingerprint density at radius 3 is 3.03 bits per heavy atom. The predicted molar refractivity (Wildman–Crippen MR) is 120 cm³/mol. The molecule has 3 aromatic rings. The Balaban J connectivity index is 1.49. The van der Waals surface area contributed by atoms with Gasteiger partial charge in [0.05, 0.1) is 31.0 Å². The van der Waals surface area contributed by atoms with Gasteiger partial charge in [0.15, 0.2) is 0 Å². The minimum Gasteiger partial charge on any atom is -0.382 e. The summed E-state index contributed by atoms with van der Waals surface area (Å²) < 4.78 is 12.3. The first kappa shape index (κ1) is 21.3. The Morgan fingerprint density at radius 1 is 1.34 bits per heavy atom. The van der Waals surface area contributed by atoms with Crippen LogP contribution < -0.4 is 10.6 Å². The van der Waals surface area contributed by atoms with E-state index >= 15 is 0 Å². The largest absolute Gasteiger partial charge is 0.382 e. The SMILES string of the molecule is C=CC(=O)Nc1ccc2cnn(-c3ncnc(NC4=CCC(OCCOC)C=C4)n3)c2c1. The lowest BCUT2D eigenvalue weighted by Gasteiger charge is -2.17. The van der Waals surface area contributed by atoms with E-state index in [-0.39, 0.29) is 12.0 Å². The average molecular weight is 433 g/mol. The molecule has 2 aromatic heterocycles. The number of benzene rings is 1. The van der Waals surface area contributed by atoms with Crippen LogP contribution in [-0.4, -0.2) is 57.1 Å². The molecule has 2 N–H and O–H groups in total. The van der Waals surface area contributed by atoms with Crippen molar-refractivity contribution in [2.24, 2.45) is 0 Å². The summed E-state index contributed by atoms with van der Waals surface area (Å²) in [4.78, 5) is 24.6. The molecule has 0 fully saturated rings. The molecule has 1 aliphatic carbocycles. The number of carbonyl (C=O) groups excluding carboxylic acids is 1. The molecular formula is C22H23N7O3. The van der Waals surface area contributed by atoms with Crippen molar-refractivity contribution in [2.45, 2.75) is 12.5 Å². The van der Waals surface area contributed by atoms with Crippen LogP contribution in [0.2, 0.25) is 0 Å². The van der Waals surface area contributed by atoms with E-state index in [9.17, 15) is 4.79 Å². The lowest BCUT2D eigenvalue weighted by Crippen LogP contribution is -2.16. The molecule has 2 heterocycles. The van der Waals surface area contributed by atoms with Crippen molar-refractivity contribution in [1.82, 2.24) is 24.7 Å². The fourth-order valence-electron chi connectivity index (χ4n) is 3.13. The molecule has 0 radical (unpaired) electrons. The van der Waals surface area contributed by atoms with Gasteiger partial charge in [0.2, 0.25) is 11.9 Å². The molecule has 1 aromatic carbocycles. The molecular weight excluding hydrogens is 410 g/mol. The molecule has 10 heteroatoms. The number of ether oxygens (including phenoxy) is 2. The summed E-state index contributed by atoms with van der Waals surface area (Å²) in [5.41, 5.74) is 2.24. The van der Waals surface area contributed by atoms with Gasteiger partial charge in [-0.3, -0.25) is 4.79 Å². The zero-order chi connectivity index (χ0) is 22.3. The van der Waals surface area contributed by atoms with E-state index in [0.29, 0.717) is 30.8 Å². The van der Waals surface area contributed by atoms with Gasteiger partial charge in [-0.1, -0.05) is 18.7 Å². The second kappa shape index (κ2) is 9.94. The summed E-state index contributed by atoms with van der Waals surface area (Å²) in [6, 6.07) is 5.46. The second-order valence-corrected chi connectivity index (χ2v) is 6.91. The first-order valence-electron chi connectivity index (χ1n) is 10.0. The zero-order valence-electron chi connectivity index (χ0n) is 17.6. The smallest absolute Gasteiger partial charge is 0.255 e. The van der Waals surface area contributed by atoms with Crippen molar-refractivity contribution in [3.63, 3.8) is 0 Å². The van der Waals surface area contributed by atoms with Crippen molar-refractivity contribution in [2.75, 3.05) is 31.0 Å². The molecule has 1 aliphatic rings. The van der Waals surface area contributed by atoms with Crippen LogP contribution in [0, 0.1) is 0 Å². The van der Waals surface area contributed by atoms with Crippen LogP contribution in [0.25, 0.3) is 16.9 Å². The van der Waals surface area contributed by atoms with E-state index in [1.807, 2.05) is 24.3 Å². The minimum atomic E-state index is -0.290. The maximum atomic E-state index is 11.6. The summed E-state index contributed by atoms with van der Waals surface area (Å²) in [5.74, 6) is 0.456. The van der Waals surface area contributed by atoms with Crippen LogP contribution in [0.3, 0.4) is 0 Å². The van der Waals surface area contributed by atoms with E-state index in [1.54, 1.807) is 30.1 Å². The number of amides is 1. The first-order valence-corrected chi connectivity index (χ1v) is 10.0. The number of methoxy groups -OCH3 is 1. The van der Waals surface area contributed by atoms with Crippen molar-refractivity contribution in [3.05, 3.63) is 67.3 Å². The quantitative estimate of drug-likeness (QED) is 0.391. The second-order valence-electron chi connectivity index (χ2n) is 6.91. The van der Waals surface area contributed by atoms with Gasteiger partial charge in [-0.05, 0) is 36.8 Å². The number of hydrogen-bond donors (Lipinski definition) is 2. The van der Waals surface area contributed by atoms with Gasteiger partial charge in [0.1, 0.15) is 6.33 Å². The molecule has 10 nitrogen and oxygen atoms in total. The first-order chi connectivity index (χ1) is 15.7. The van der Waals surface area contributed by atoms with Gasteiger partial charge in [0.25, 0.3) is 5.95 Å². The molecule has 0 spiro atoms. The topological polar surface area (TPSA) is 116 Å². The number of nitrogens with zero attached hydrogens (tertiary/aromatic N) is 5. The van der Waals surface area contributed by atoms with E-state index in [2.05, 4.69) is 37.3 Å². The molecule has 32 heavy (non-hydrogen) atoms. The summed E-state index contributed by atoms with van der Waals surface area (Å²) in [7, 11) is 1.65. The third kappa shape index (κ3) is 5.05. The van der Waals surface area contributed by atoms with Gasteiger partial charge in [0, 0.05) is 23.9 Å². The van der Waals surface area contributed by atoms with Gasteiger partial charge in [-0.2, -0.15) is 19.7 Å². The maximum Gasteiger partial charge on any atom is 0.255 e. The van der Waals surface area contributed by atoms with Crippen molar-refractivity contribution in [1.29, 1.82) is 0 Å². The number of carbonyl (C=O) groups is 1. The Labute approximate surface area is 184 Å². The predicted octanol–water partition coefficient (Wildman–Crippen LogP) is 2.62. The van der Waals surface area contributed by atoms with Crippen molar-refractivity contribution < 1.29 is 14.3 Å². The fourth-order valence-corrected chi connectivity index (χ4v) is 3.13. The molecule has 0 aliphatic heterocycles. The number of allylic oxidation sites excluding steroid dienone is 1.